The number of hydrogen-bond donors (Lipinski definition) is 1. The predicted molar refractivity (Wildman–Crippen MR) is 121 cm³/mol. The van der Waals surface area contributed by atoms with Crippen LogP contribution in [0.3, 0.4) is 0 Å². The molecule has 2 heterocycles. The number of nitrogens with zero attached hydrogens (tertiary/aromatic N) is 3. The molecule has 158 valence electrons. The third-order valence-corrected chi connectivity index (χ3v) is 5.19. The molecular formula is C24H24N4O3. The van der Waals surface area contributed by atoms with E-state index in [0.29, 0.717) is 29.2 Å². The van der Waals surface area contributed by atoms with Gasteiger partial charge >= 0.3 is 6.01 Å². The highest BCUT2D eigenvalue weighted by molar-refractivity contribution is 5.76. The Kier molecular flexibility index (Phi) is 5.95. The van der Waals surface area contributed by atoms with Crippen LogP contribution in [0.1, 0.15) is 18.4 Å². The second kappa shape index (κ2) is 8.97. The molecule has 0 saturated carbocycles. The van der Waals surface area contributed by atoms with E-state index in [0.717, 1.165) is 11.4 Å². The lowest BCUT2D eigenvalue weighted by Gasteiger charge is -2.21. The molecular weight excluding hydrogens is 392 g/mol. The molecule has 0 spiro atoms. The standard InChI is InChI=1S/C24H24N4O3/c1-16(15-30-3)17-4-6-18(7-5-17)28(2)19-8-10-20(11-9-19)31-24-26-22-14-25-13-12-21(22)23(29)27-24/h4-14,16H,15H2,1-3H3,(H,26,27,29). The topological polar surface area (TPSA) is 80.3 Å². The summed E-state index contributed by atoms with van der Waals surface area (Å²) in [5, 5.41) is 0.474. The predicted octanol–water partition coefficient (Wildman–Crippen LogP) is 4.63. The summed E-state index contributed by atoms with van der Waals surface area (Å²) in [6.45, 7) is 2.85. The molecule has 4 rings (SSSR count). The minimum Gasteiger partial charge on any atom is -0.426 e. The van der Waals surface area contributed by atoms with E-state index in [-0.39, 0.29) is 11.6 Å². The Balaban J connectivity index is 1.48. The first-order valence-corrected chi connectivity index (χ1v) is 10.00. The van der Waals surface area contributed by atoms with Crippen LogP contribution in [0.2, 0.25) is 0 Å². The molecule has 0 amide bonds. The Morgan fingerprint density at radius 1 is 1.03 bits per heavy atom. The van der Waals surface area contributed by atoms with E-state index in [2.05, 4.69) is 51.0 Å². The monoisotopic (exact) mass is 416 g/mol. The molecule has 0 fully saturated rings. The van der Waals surface area contributed by atoms with Crippen LogP contribution in [0.25, 0.3) is 10.9 Å². The number of H-pyrrole nitrogens is 1. The quantitative estimate of drug-likeness (QED) is 0.473. The molecule has 0 radical (unpaired) electrons. The van der Waals surface area contributed by atoms with Gasteiger partial charge in [-0.1, -0.05) is 19.1 Å². The van der Waals surface area contributed by atoms with Gasteiger partial charge in [0.25, 0.3) is 5.56 Å². The van der Waals surface area contributed by atoms with Crippen LogP contribution in [0, 0.1) is 0 Å². The number of hydrogen-bond acceptors (Lipinski definition) is 6. The van der Waals surface area contributed by atoms with Gasteiger partial charge in [-0.15, -0.1) is 0 Å². The van der Waals surface area contributed by atoms with E-state index in [1.165, 1.54) is 11.8 Å². The second-order valence-corrected chi connectivity index (χ2v) is 7.37. The molecule has 4 aromatic rings. The summed E-state index contributed by atoms with van der Waals surface area (Å²) in [5.41, 5.74) is 3.56. The van der Waals surface area contributed by atoms with E-state index < -0.39 is 0 Å². The van der Waals surface area contributed by atoms with Crippen molar-refractivity contribution in [3.63, 3.8) is 0 Å². The Labute approximate surface area is 180 Å². The zero-order valence-corrected chi connectivity index (χ0v) is 17.7. The van der Waals surface area contributed by atoms with Crippen molar-refractivity contribution < 1.29 is 9.47 Å². The lowest BCUT2D eigenvalue weighted by atomic mass is 10.0. The SMILES string of the molecule is COCC(C)c1ccc(N(C)c2ccc(Oc3nc4cnccc4c(=O)[nH]3)cc2)cc1. The Bertz CT molecular complexity index is 1220. The summed E-state index contributed by atoms with van der Waals surface area (Å²) in [4.78, 5) is 25.2. The van der Waals surface area contributed by atoms with Gasteiger partial charge < -0.3 is 14.4 Å². The molecule has 0 saturated heterocycles. The number of aromatic amines is 1. The van der Waals surface area contributed by atoms with Crippen molar-refractivity contribution in [1.82, 2.24) is 15.0 Å². The molecule has 2 aromatic heterocycles. The Morgan fingerprint density at radius 3 is 2.39 bits per heavy atom. The summed E-state index contributed by atoms with van der Waals surface area (Å²) in [7, 11) is 3.73. The minimum atomic E-state index is -0.262. The number of aromatic nitrogens is 3. The maximum atomic E-state index is 12.2. The zero-order chi connectivity index (χ0) is 21.8. The average Bonchev–Trinajstić information content (AvgIpc) is 2.79. The van der Waals surface area contributed by atoms with Gasteiger partial charge in [0.15, 0.2) is 0 Å². The Morgan fingerprint density at radius 2 is 1.71 bits per heavy atom. The third-order valence-electron chi connectivity index (χ3n) is 5.19. The smallest absolute Gasteiger partial charge is 0.302 e. The number of methoxy groups -OCH3 is 1. The fraction of sp³-hybridized carbons (Fsp3) is 0.208. The van der Waals surface area contributed by atoms with Gasteiger partial charge in [0.2, 0.25) is 0 Å². The summed E-state index contributed by atoms with van der Waals surface area (Å²) in [5.74, 6) is 0.930. The maximum absolute atomic E-state index is 12.2. The summed E-state index contributed by atoms with van der Waals surface area (Å²) in [6, 6.07) is 17.8. The summed E-state index contributed by atoms with van der Waals surface area (Å²) < 4.78 is 11.0. The van der Waals surface area contributed by atoms with Crippen LogP contribution >= 0.6 is 0 Å². The van der Waals surface area contributed by atoms with Crippen LogP contribution < -0.4 is 15.2 Å². The highest BCUT2D eigenvalue weighted by Crippen LogP contribution is 2.28. The first-order chi connectivity index (χ1) is 15.0. The lowest BCUT2D eigenvalue weighted by molar-refractivity contribution is 0.184. The Hall–Kier alpha value is -3.71. The van der Waals surface area contributed by atoms with Gasteiger partial charge in [0, 0.05) is 37.6 Å². The van der Waals surface area contributed by atoms with E-state index in [1.54, 1.807) is 19.4 Å². The number of ether oxygens (including phenoxy) is 2. The number of rotatable bonds is 7. The van der Waals surface area contributed by atoms with Gasteiger partial charge in [-0.05, 0) is 48.0 Å². The second-order valence-electron chi connectivity index (χ2n) is 7.37. The van der Waals surface area contributed by atoms with E-state index >= 15 is 0 Å². The average molecular weight is 416 g/mol. The number of anilines is 2. The van der Waals surface area contributed by atoms with Crippen LogP contribution in [0.4, 0.5) is 11.4 Å². The molecule has 1 atom stereocenters. The highest BCUT2D eigenvalue weighted by atomic mass is 16.5. The third kappa shape index (κ3) is 4.57. The molecule has 0 bridgehead atoms. The highest BCUT2D eigenvalue weighted by Gasteiger charge is 2.09. The van der Waals surface area contributed by atoms with Gasteiger partial charge in [-0.3, -0.25) is 14.8 Å². The van der Waals surface area contributed by atoms with Crippen molar-refractivity contribution >= 4 is 22.3 Å². The van der Waals surface area contributed by atoms with Gasteiger partial charge in [-0.2, -0.15) is 4.98 Å². The van der Waals surface area contributed by atoms with Crippen LogP contribution in [-0.2, 0) is 4.74 Å². The number of fused-ring (bicyclic) bond motifs is 1. The number of pyridine rings is 1. The van der Waals surface area contributed by atoms with Crippen LogP contribution in [0.5, 0.6) is 11.8 Å². The fourth-order valence-electron chi connectivity index (χ4n) is 3.39. The van der Waals surface area contributed by atoms with Crippen molar-refractivity contribution in [3.8, 4) is 11.8 Å². The summed E-state index contributed by atoms with van der Waals surface area (Å²) in [6.07, 6.45) is 3.10. The minimum absolute atomic E-state index is 0.132. The van der Waals surface area contributed by atoms with Crippen molar-refractivity contribution in [2.75, 3.05) is 25.7 Å². The zero-order valence-electron chi connectivity index (χ0n) is 17.7. The van der Waals surface area contributed by atoms with E-state index in [9.17, 15) is 4.79 Å². The molecule has 2 aromatic carbocycles. The van der Waals surface area contributed by atoms with E-state index in [4.69, 9.17) is 9.47 Å². The first kappa shape index (κ1) is 20.6. The van der Waals surface area contributed by atoms with Crippen LogP contribution in [0.15, 0.2) is 71.8 Å². The number of nitrogens with one attached hydrogen (secondary N) is 1. The molecule has 0 aliphatic heterocycles. The van der Waals surface area contributed by atoms with E-state index in [1.807, 2.05) is 31.3 Å². The molecule has 0 aliphatic carbocycles. The fourth-order valence-corrected chi connectivity index (χ4v) is 3.39. The lowest BCUT2D eigenvalue weighted by Crippen LogP contribution is -2.10. The van der Waals surface area contributed by atoms with Crippen molar-refractivity contribution in [1.29, 1.82) is 0 Å². The summed E-state index contributed by atoms with van der Waals surface area (Å²) >= 11 is 0. The molecule has 7 heteroatoms. The van der Waals surface area contributed by atoms with Gasteiger partial charge in [-0.25, -0.2) is 0 Å². The molecule has 31 heavy (non-hydrogen) atoms. The van der Waals surface area contributed by atoms with Crippen molar-refractivity contribution in [3.05, 3.63) is 82.9 Å². The van der Waals surface area contributed by atoms with Crippen molar-refractivity contribution in [2.45, 2.75) is 12.8 Å². The van der Waals surface area contributed by atoms with Gasteiger partial charge in [0.1, 0.15) is 5.75 Å². The number of benzene rings is 2. The first-order valence-electron chi connectivity index (χ1n) is 10.00. The maximum Gasteiger partial charge on any atom is 0.302 e. The normalized spacial score (nSPS) is 12.0. The molecule has 1 unspecified atom stereocenters. The van der Waals surface area contributed by atoms with Crippen molar-refractivity contribution in [2.24, 2.45) is 0 Å². The molecule has 0 aliphatic rings. The van der Waals surface area contributed by atoms with Crippen LogP contribution in [-0.4, -0.2) is 35.7 Å². The largest absolute Gasteiger partial charge is 0.426 e. The molecule has 7 nitrogen and oxygen atoms in total. The van der Waals surface area contributed by atoms with Gasteiger partial charge in [0.05, 0.1) is 23.7 Å². The molecule has 1 N–H and O–H groups in total.